The van der Waals surface area contributed by atoms with Gasteiger partial charge in [-0.1, -0.05) is 54.1 Å². The normalized spacial score (nSPS) is 11.7. The van der Waals surface area contributed by atoms with E-state index in [9.17, 15) is 0 Å². The van der Waals surface area contributed by atoms with Crippen LogP contribution in [0.15, 0.2) is 66.7 Å². The summed E-state index contributed by atoms with van der Waals surface area (Å²) in [6, 6.07) is 22.6. The van der Waals surface area contributed by atoms with Crippen LogP contribution < -0.4 is 19.5 Å². The van der Waals surface area contributed by atoms with E-state index in [1.165, 1.54) is 5.56 Å². The van der Waals surface area contributed by atoms with Crippen molar-refractivity contribution in [1.82, 2.24) is 5.32 Å². The van der Waals surface area contributed by atoms with E-state index in [2.05, 4.69) is 49.5 Å². The summed E-state index contributed by atoms with van der Waals surface area (Å²) in [5, 5.41) is 3.58. The van der Waals surface area contributed by atoms with Crippen molar-refractivity contribution in [2.45, 2.75) is 33.0 Å². The fourth-order valence-electron chi connectivity index (χ4n) is 3.25. The van der Waals surface area contributed by atoms with Crippen molar-refractivity contribution >= 4 is 0 Å². The highest BCUT2D eigenvalue weighted by atomic mass is 16.5. The molecule has 4 nitrogen and oxygen atoms in total. The van der Waals surface area contributed by atoms with Crippen molar-refractivity contribution in [3.63, 3.8) is 0 Å². The molecule has 0 bridgehead atoms. The predicted octanol–water partition coefficient (Wildman–Crippen LogP) is 5.44. The van der Waals surface area contributed by atoms with E-state index < -0.39 is 0 Å². The second kappa shape index (κ2) is 9.99. The Morgan fingerprint density at radius 2 is 1.52 bits per heavy atom. The van der Waals surface area contributed by atoms with E-state index in [1.54, 1.807) is 14.2 Å². The third-order valence-corrected chi connectivity index (χ3v) is 4.93. The van der Waals surface area contributed by atoms with Crippen LogP contribution in [0, 0.1) is 6.92 Å². The Bertz CT molecular complexity index is 925. The van der Waals surface area contributed by atoms with Gasteiger partial charge in [-0.15, -0.1) is 0 Å². The highest BCUT2D eigenvalue weighted by Gasteiger charge is 2.12. The van der Waals surface area contributed by atoms with Crippen molar-refractivity contribution in [3.05, 3.63) is 89.0 Å². The average Bonchev–Trinajstić information content (AvgIpc) is 2.76. The summed E-state index contributed by atoms with van der Waals surface area (Å²) >= 11 is 0. The van der Waals surface area contributed by atoms with Gasteiger partial charge in [0.25, 0.3) is 0 Å². The summed E-state index contributed by atoms with van der Waals surface area (Å²) in [5.41, 5.74) is 4.63. The summed E-state index contributed by atoms with van der Waals surface area (Å²) in [6.07, 6.45) is 0. The molecule has 0 spiro atoms. The molecule has 0 aromatic heterocycles. The zero-order chi connectivity index (χ0) is 20.6. The van der Waals surface area contributed by atoms with Gasteiger partial charge in [0.2, 0.25) is 0 Å². The molecule has 0 saturated carbocycles. The molecule has 0 aliphatic heterocycles. The van der Waals surface area contributed by atoms with Crippen molar-refractivity contribution in [1.29, 1.82) is 0 Å². The number of benzene rings is 3. The quantitative estimate of drug-likeness (QED) is 0.527. The van der Waals surface area contributed by atoms with Crippen LogP contribution >= 0.6 is 0 Å². The topological polar surface area (TPSA) is 39.7 Å². The van der Waals surface area contributed by atoms with Crippen LogP contribution in [-0.2, 0) is 13.2 Å². The Kier molecular flexibility index (Phi) is 7.14. The van der Waals surface area contributed by atoms with E-state index in [0.29, 0.717) is 13.2 Å². The number of methoxy groups -OCH3 is 2. The Balaban J connectivity index is 1.68. The standard InChI is InChI=1S/C25H29NO3/c1-18-10-12-23(27-3)22(14-18)19(2)26-16-21-11-13-24(28-4)25(15-21)29-17-20-8-6-5-7-9-20/h5-15,19,26H,16-17H2,1-4H3. The highest BCUT2D eigenvalue weighted by molar-refractivity contribution is 5.43. The summed E-state index contributed by atoms with van der Waals surface area (Å²) < 4.78 is 17.0. The van der Waals surface area contributed by atoms with E-state index >= 15 is 0 Å². The molecule has 1 unspecified atom stereocenters. The fourth-order valence-corrected chi connectivity index (χ4v) is 3.25. The van der Waals surface area contributed by atoms with Crippen molar-refractivity contribution in [3.8, 4) is 17.2 Å². The molecule has 3 aromatic rings. The molecule has 29 heavy (non-hydrogen) atoms. The first kappa shape index (κ1) is 20.7. The zero-order valence-electron chi connectivity index (χ0n) is 17.6. The van der Waals surface area contributed by atoms with Crippen molar-refractivity contribution in [2.75, 3.05) is 14.2 Å². The molecule has 0 saturated heterocycles. The largest absolute Gasteiger partial charge is 0.496 e. The lowest BCUT2D eigenvalue weighted by molar-refractivity contribution is 0.284. The number of aryl methyl sites for hydroxylation is 1. The SMILES string of the molecule is COc1ccc(CNC(C)c2cc(C)ccc2OC)cc1OCc1ccccc1. The molecule has 0 radical (unpaired) electrons. The van der Waals surface area contributed by atoms with Gasteiger partial charge in [-0.3, -0.25) is 0 Å². The number of nitrogens with one attached hydrogen (secondary N) is 1. The van der Waals surface area contributed by atoms with E-state index in [4.69, 9.17) is 14.2 Å². The zero-order valence-corrected chi connectivity index (χ0v) is 17.6. The maximum atomic E-state index is 6.03. The highest BCUT2D eigenvalue weighted by Crippen LogP contribution is 2.30. The van der Waals surface area contributed by atoms with Gasteiger partial charge in [0, 0.05) is 18.2 Å². The van der Waals surface area contributed by atoms with Crippen LogP contribution in [0.5, 0.6) is 17.2 Å². The van der Waals surface area contributed by atoms with Gasteiger partial charge in [0.1, 0.15) is 12.4 Å². The van der Waals surface area contributed by atoms with Gasteiger partial charge < -0.3 is 19.5 Å². The van der Waals surface area contributed by atoms with E-state index in [-0.39, 0.29) is 6.04 Å². The Morgan fingerprint density at radius 1 is 0.793 bits per heavy atom. The summed E-state index contributed by atoms with van der Waals surface area (Å²) in [6.45, 7) is 5.46. The minimum absolute atomic E-state index is 0.153. The molecular weight excluding hydrogens is 362 g/mol. The number of hydrogen-bond acceptors (Lipinski definition) is 4. The van der Waals surface area contributed by atoms with Crippen LogP contribution in [0.1, 0.15) is 35.2 Å². The average molecular weight is 392 g/mol. The molecule has 0 fully saturated rings. The van der Waals surface area contributed by atoms with E-state index in [1.807, 2.05) is 36.4 Å². The minimum atomic E-state index is 0.153. The smallest absolute Gasteiger partial charge is 0.161 e. The molecule has 1 atom stereocenters. The van der Waals surface area contributed by atoms with Gasteiger partial charge in [-0.25, -0.2) is 0 Å². The number of rotatable bonds is 9. The lowest BCUT2D eigenvalue weighted by Crippen LogP contribution is -2.19. The van der Waals surface area contributed by atoms with Crippen molar-refractivity contribution < 1.29 is 14.2 Å². The Labute approximate surface area is 173 Å². The summed E-state index contributed by atoms with van der Waals surface area (Å²) in [7, 11) is 3.37. The second-order valence-corrected chi connectivity index (χ2v) is 7.11. The first-order valence-electron chi connectivity index (χ1n) is 9.82. The van der Waals surface area contributed by atoms with E-state index in [0.717, 1.165) is 33.9 Å². The monoisotopic (exact) mass is 391 g/mol. The first-order valence-corrected chi connectivity index (χ1v) is 9.82. The first-order chi connectivity index (χ1) is 14.1. The van der Waals surface area contributed by atoms with Gasteiger partial charge in [0.05, 0.1) is 14.2 Å². The number of hydrogen-bond donors (Lipinski definition) is 1. The molecule has 3 rings (SSSR count). The molecule has 0 amide bonds. The number of ether oxygens (including phenoxy) is 3. The molecule has 152 valence electrons. The lowest BCUT2D eigenvalue weighted by atomic mass is 10.0. The molecule has 0 aliphatic rings. The third kappa shape index (κ3) is 5.52. The lowest BCUT2D eigenvalue weighted by Gasteiger charge is -2.19. The molecule has 0 aliphatic carbocycles. The van der Waals surface area contributed by atoms with Crippen molar-refractivity contribution in [2.24, 2.45) is 0 Å². The van der Waals surface area contributed by atoms with Gasteiger partial charge in [-0.05, 0) is 43.2 Å². The molecule has 4 heteroatoms. The summed E-state index contributed by atoms with van der Waals surface area (Å²) in [4.78, 5) is 0. The van der Waals surface area contributed by atoms with Crippen LogP contribution in [0.2, 0.25) is 0 Å². The fraction of sp³-hybridized carbons (Fsp3) is 0.280. The van der Waals surface area contributed by atoms with Crippen LogP contribution in [0.25, 0.3) is 0 Å². The molecule has 0 heterocycles. The minimum Gasteiger partial charge on any atom is -0.496 e. The molecular formula is C25H29NO3. The third-order valence-electron chi connectivity index (χ3n) is 4.93. The Hall–Kier alpha value is -2.98. The maximum absolute atomic E-state index is 6.03. The van der Waals surface area contributed by atoms with Crippen LogP contribution in [0.3, 0.4) is 0 Å². The van der Waals surface area contributed by atoms with Gasteiger partial charge in [-0.2, -0.15) is 0 Å². The molecule has 3 aromatic carbocycles. The summed E-state index contributed by atoms with van der Waals surface area (Å²) in [5.74, 6) is 2.38. The van der Waals surface area contributed by atoms with Gasteiger partial charge in [0.15, 0.2) is 11.5 Å². The van der Waals surface area contributed by atoms with Crippen LogP contribution in [-0.4, -0.2) is 14.2 Å². The second-order valence-electron chi connectivity index (χ2n) is 7.11. The Morgan fingerprint density at radius 3 is 2.24 bits per heavy atom. The van der Waals surface area contributed by atoms with Gasteiger partial charge >= 0.3 is 0 Å². The molecule has 1 N–H and O–H groups in total. The van der Waals surface area contributed by atoms with Crippen LogP contribution in [0.4, 0.5) is 0 Å². The maximum Gasteiger partial charge on any atom is 0.161 e. The predicted molar refractivity (Wildman–Crippen MR) is 117 cm³/mol.